The quantitative estimate of drug-likeness (QED) is 0.601. The van der Waals surface area contributed by atoms with E-state index in [9.17, 15) is 4.39 Å². The van der Waals surface area contributed by atoms with Crippen molar-refractivity contribution < 1.29 is 4.39 Å². The van der Waals surface area contributed by atoms with Gasteiger partial charge in [0.15, 0.2) is 0 Å². The molecule has 1 aliphatic carbocycles. The van der Waals surface area contributed by atoms with Gasteiger partial charge in [-0.15, -0.1) is 0 Å². The molecule has 0 aromatic heterocycles. The van der Waals surface area contributed by atoms with Crippen molar-refractivity contribution in [3.63, 3.8) is 0 Å². The summed E-state index contributed by atoms with van der Waals surface area (Å²) in [6.45, 7) is 4.61. The van der Waals surface area contributed by atoms with Crippen LogP contribution in [0.3, 0.4) is 0 Å². The van der Waals surface area contributed by atoms with Crippen LogP contribution in [0.15, 0.2) is 18.2 Å². The molecule has 106 valence electrons. The highest BCUT2D eigenvalue weighted by atomic mass is 79.9. The molecule has 1 saturated carbocycles. The highest BCUT2D eigenvalue weighted by Gasteiger charge is 2.30. The van der Waals surface area contributed by atoms with E-state index in [1.807, 2.05) is 6.07 Å². The van der Waals surface area contributed by atoms with Gasteiger partial charge >= 0.3 is 0 Å². The van der Waals surface area contributed by atoms with Gasteiger partial charge in [-0.05, 0) is 61.1 Å². The van der Waals surface area contributed by atoms with Gasteiger partial charge in [-0.2, -0.15) is 0 Å². The van der Waals surface area contributed by atoms with E-state index in [1.165, 1.54) is 31.4 Å². The summed E-state index contributed by atoms with van der Waals surface area (Å²) in [6.07, 6.45) is 4.72. The molecule has 0 spiro atoms. The Kier molecular flexibility index (Phi) is 5.30. The lowest BCUT2D eigenvalue weighted by Crippen LogP contribution is -2.29. The fourth-order valence-corrected chi connectivity index (χ4v) is 3.96. The van der Waals surface area contributed by atoms with Crippen molar-refractivity contribution in [3.8, 4) is 0 Å². The van der Waals surface area contributed by atoms with Gasteiger partial charge < -0.3 is 0 Å². The first-order chi connectivity index (χ1) is 8.97. The van der Waals surface area contributed by atoms with Crippen molar-refractivity contribution in [3.05, 3.63) is 34.6 Å². The zero-order chi connectivity index (χ0) is 14.0. The summed E-state index contributed by atoms with van der Waals surface area (Å²) in [5.74, 6) is 1.89. The lowest BCUT2D eigenvalue weighted by atomic mass is 9.74. The Balaban J connectivity index is 2.07. The molecule has 0 aliphatic heterocycles. The molecule has 0 amide bonds. The average Bonchev–Trinajstić information content (AvgIpc) is 2.34. The molecule has 1 aromatic carbocycles. The second kappa shape index (κ2) is 6.58. The first-order valence-electron chi connectivity index (χ1n) is 7.05. The predicted octanol–water partition coefficient (Wildman–Crippen LogP) is 5.86. The Labute approximate surface area is 128 Å². The minimum Gasteiger partial charge on any atom is -0.207 e. The average molecular weight is 348 g/mol. The van der Waals surface area contributed by atoms with Crippen LogP contribution in [-0.4, -0.2) is 4.83 Å². The third-order valence-corrected chi connectivity index (χ3v) is 5.93. The van der Waals surface area contributed by atoms with Crippen LogP contribution in [0.25, 0.3) is 0 Å². The number of rotatable bonds is 3. The van der Waals surface area contributed by atoms with Crippen molar-refractivity contribution in [2.24, 2.45) is 17.8 Å². The number of benzene rings is 1. The summed E-state index contributed by atoms with van der Waals surface area (Å²) in [7, 11) is 0. The van der Waals surface area contributed by atoms with Gasteiger partial charge in [0.25, 0.3) is 0 Å². The zero-order valence-corrected chi connectivity index (χ0v) is 13.8. The third-order valence-electron chi connectivity index (χ3n) is 4.37. The first-order valence-corrected chi connectivity index (χ1v) is 8.34. The number of halogens is 3. The van der Waals surface area contributed by atoms with E-state index in [1.54, 1.807) is 0 Å². The van der Waals surface area contributed by atoms with E-state index < -0.39 is 0 Å². The van der Waals surface area contributed by atoms with Gasteiger partial charge in [-0.25, -0.2) is 4.39 Å². The molecule has 0 nitrogen and oxygen atoms in total. The summed E-state index contributed by atoms with van der Waals surface area (Å²) in [4.78, 5) is 0.559. The van der Waals surface area contributed by atoms with E-state index in [0.717, 1.165) is 23.8 Å². The maximum Gasteiger partial charge on any atom is 0.124 e. The lowest BCUT2D eigenvalue weighted by molar-refractivity contribution is 0.223. The van der Waals surface area contributed by atoms with Crippen molar-refractivity contribution in [2.45, 2.75) is 44.4 Å². The Morgan fingerprint density at radius 2 is 2.11 bits per heavy atom. The van der Waals surface area contributed by atoms with E-state index in [-0.39, 0.29) is 5.82 Å². The fraction of sp³-hybridized carbons (Fsp3) is 0.625. The Morgan fingerprint density at radius 1 is 1.37 bits per heavy atom. The van der Waals surface area contributed by atoms with E-state index >= 15 is 0 Å². The van der Waals surface area contributed by atoms with Crippen LogP contribution < -0.4 is 0 Å². The Bertz CT molecular complexity index is 433. The molecule has 1 aromatic rings. The van der Waals surface area contributed by atoms with Crippen molar-refractivity contribution in [2.75, 3.05) is 0 Å². The topological polar surface area (TPSA) is 0 Å². The van der Waals surface area contributed by atoms with E-state index in [0.29, 0.717) is 15.8 Å². The SMILES string of the molecule is CC(C)C1CCC(Br)C(Cc2ccc(F)cc2Cl)C1. The molecule has 1 fully saturated rings. The number of hydrogen-bond acceptors (Lipinski definition) is 0. The van der Waals surface area contributed by atoms with E-state index in [4.69, 9.17) is 11.6 Å². The molecule has 3 atom stereocenters. The summed E-state index contributed by atoms with van der Waals surface area (Å²) in [6, 6.07) is 4.76. The summed E-state index contributed by atoms with van der Waals surface area (Å²) in [5, 5.41) is 0.561. The minimum atomic E-state index is -0.257. The fourth-order valence-electron chi connectivity index (χ4n) is 3.05. The van der Waals surface area contributed by atoms with Gasteiger partial charge in [0.05, 0.1) is 0 Å². The second-order valence-electron chi connectivity index (χ2n) is 6.03. The standard InChI is InChI=1S/C16H21BrClF/c1-10(2)11-4-6-15(17)13(7-11)8-12-3-5-14(19)9-16(12)18/h3,5,9-11,13,15H,4,6-8H2,1-2H3. The lowest BCUT2D eigenvalue weighted by Gasteiger charge is -2.35. The molecule has 2 rings (SSSR count). The van der Waals surface area contributed by atoms with Gasteiger partial charge in [0.1, 0.15) is 5.82 Å². The molecular weight excluding hydrogens is 327 g/mol. The summed E-state index contributed by atoms with van der Waals surface area (Å²) >= 11 is 9.95. The van der Waals surface area contributed by atoms with Crippen LogP contribution in [0.1, 0.15) is 38.7 Å². The smallest absolute Gasteiger partial charge is 0.124 e. The first kappa shape index (κ1) is 15.3. The maximum absolute atomic E-state index is 13.1. The van der Waals surface area contributed by atoms with Crippen LogP contribution in [-0.2, 0) is 6.42 Å². The Hall–Kier alpha value is -0.0800. The normalized spacial score (nSPS) is 27.8. The van der Waals surface area contributed by atoms with Crippen molar-refractivity contribution in [1.29, 1.82) is 0 Å². The molecule has 0 N–H and O–H groups in total. The highest BCUT2D eigenvalue weighted by molar-refractivity contribution is 9.09. The summed E-state index contributed by atoms with van der Waals surface area (Å²) < 4.78 is 13.1. The minimum absolute atomic E-state index is 0.257. The van der Waals surface area contributed by atoms with Crippen LogP contribution in [0, 0.1) is 23.6 Å². The van der Waals surface area contributed by atoms with Crippen molar-refractivity contribution in [1.82, 2.24) is 0 Å². The predicted molar refractivity (Wildman–Crippen MR) is 83.5 cm³/mol. The second-order valence-corrected chi connectivity index (χ2v) is 7.62. The van der Waals surface area contributed by atoms with E-state index in [2.05, 4.69) is 29.8 Å². The third kappa shape index (κ3) is 3.95. The molecule has 1 aliphatic rings. The zero-order valence-electron chi connectivity index (χ0n) is 11.5. The molecule has 0 bridgehead atoms. The molecule has 0 radical (unpaired) electrons. The number of alkyl halides is 1. The van der Waals surface area contributed by atoms with Crippen LogP contribution in [0.5, 0.6) is 0 Å². The molecule has 0 heterocycles. The monoisotopic (exact) mass is 346 g/mol. The molecule has 3 heteroatoms. The van der Waals surface area contributed by atoms with Crippen molar-refractivity contribution >= 4 is 27.5 Å². The molecule has 19 heavy (non-hydrogen) atoms. The van der Waals surface area contributed by atoms with Gasteiger partial charge in [-0.1, -0.05) is 47.4 Å². The molecule has 3 unspecified atom stereocenters. The van der Waals surface area contributed by atoms with Gasteiger partial charge in [-0.3, -0.25) is 0 Å². The Morgan fingerprint density at radius 3 is 2.74 bits per heavy atom. The largest absolute Gasteiger partial charge is 0.207 e. The van der Waals surface area contributed by atoms with Crippen LogP contribution in [0.2, 0.25) is 5.02 Å². The highest BCUT2D eigenvalue weighted by Crippen LogP contribution is 2.39. The molecular formula is C16H21BrClF. The van der Waals surface area contributed by atoms with Crippen LogP contribution in [0.4, 0.5) is 4.39 Å². The van der Waals surface area contributed by atoms with Gasteiger partial charge in [0.2, 0.25) is 0 Å². The molecule has 0 saturated heterocycles. The van der Waals surface area contributed by atoms with Crippen LogP contribution >= 0.6 is 27.5 Å². The van der Waals surface area contributed by atoms with Gasteiger partial charge in [0, 0.05) is 9.85 Å². The number of hydrogen-bond donors (Lipinski definition) is 0. The maximum atomic E-state index is 13.1. The summed E-state index contributed by atoms with van der Waals surface area (Å²) in [5.41, 5.74) is 1.07.